The second-order valence-corrected chi connectivity index (χ2v) is 6.54. The van der Waals surface area contributed by atoms with Gasteiger partial charge in [-0.25, -0.2) is 13.6 Å². The molecule has 0 saturated heterocycles. The molecule has 7 heteroatoms. The number of nitrogens with two attached hydrogens (primary N) is 2. The summed E-state index contributed by atoms with van der Waals surface area (Å²) in [4.78, 5) is -0.0121. The number of rotatable bonds is 4. The van der Waals surface area contributed by atoms with Crippen LogP contribution in [0.15, 0.2) is 23.1 Å². The Balaban J connectivity index is 2.10. The zero-order valence-corrected chi connectivity index (χ0v) is 11.4. The van der Waals surface area contributed by atoms with Gasteiger partial charge >= 0.3 is 0 Å². The smallest absolute Gasteiger partial charge is 0.238 e. The predicted molar refractivity (Wildman–Crippen MR) is 74.1 cm³/mol. The first kappa shape index (κ1) is 14.1. The van der Waals surface area contributed by atoms with Crippen LogP contribution in [0.3, 0.4) is 0 Å². The highest BCUT2D eigenvalue weighted by Crippen LogP contribution is 2.26. The summed E-state index contributed by atoms with van der Waals surface area (Å²) in [6, 6.07) is 4.42. The number of aliphatic hydroxyl groups is 1. The first-order valence-electron chi connectivity index (χ1n) is 6.21. The van der Waals surface area contributed by atoms with Crippen molar-refractivity contribution in [3.63, 3.8) is 0 Å². The molecule has 6 nitrogen and oxygen atoms in total. The van der Waals surface area contributed by atoms with Crippen molar-refractivity contribution >= 4 is 21.4 Å². The summed E-state index contributed by atoms with van der Waals surface area (Å²) in [6.45, 7) is 0.592. The van der Waals surface area contributed by atoms with E-state index in [2.05, 4.69) is 5.32 Å². The summed E-state index contributed by atoms with van der Waals surface area (Å²) in [7, 11) is -3.77. The minimum Gasteiger partial charge on any atom is -0.399 e. The van der Waals surface area contributed by atoms with Crippen LogP contribution < -0.4 is 16.2 Å². The molecule has 2 atom stereocenters. The molecule has 1 saturated carbocycles. The quantitative estimate of drug-likeness (QED) is 0.600. The summed E-state index contributed by atoms with van der Waals surface area (Å²) in [5.41, 5.74) is 6.59. The second-order valence-electron chi connectivity index (χ2n) is 4.97. The number of nitrogens with one attached hydrogen (secondary N) is 1. The molecule has 19 heavy (non-hydrogen) atoms. The Morgan fingerprint density at radius 3 is 2.63 bits per heavy atom. The Morgan fingerprint density at radius 1 is 1.32 bits per heavy atom. The molecular weight excluding hydrogens is 266 g/mol. The van der Waals surface area contributed by atoms with E-state index in [0.717, 1.165) is 19.3 Å². The monoisotopic (exact) mass is 285 g/mol. The minimum absolute atomic E-state index is 0.0121. The molecule has 1 aliphatic rings. The Kier molecular flexibility index (Phi) is 3.98. The van der Waals surface area contributed by atoms with Crippen LogP contribution >= 0.6 is 0 Å². The lowest BCUT2D eigenvalue weighted by Gasteiger charge is -2.16. The standard InChI is InChI=1S/C12H19N3O3S/c13-9-4-10(6-11(5-9)19(14,17)18)15-7-8-2-1-3-12(8)16/h4-6,8,12,15-16H,1-3,7,13H2,(H2,14,17,18). The van der Waals surface area contributed by atoms with Gasteiger partial charge in [0.1, 0.15) is 0 Å². The molecule has 0 aliphatic heterocycles. The first-order valence-corrected chi connectivity index (χ1v) is 7.76. The summed E-state index contributed by atoms with van der Waals surface area (Å²) in [5, 5.41) is 17.9. The lowest BCUT2D eigenvalue weighted by Crippen LogP contribution is -2.22. The average Bonchev–Trinajstić information content (AvgIpc) is 2.70. The Bertz CT molecular complexity index is 559. The van der Waals surface area contributed by atoms with Crippen LogP contribution in [-0.4, -0.2) is 26.2 Å². The number of primary sulfonamides is 1. The molecule has 0 amide bonds. The molecule has 2 rings (SSSR count). The SMILES string of the molecule is Nc1cc(NCC2CCCC2O)cc(S(N)(=O)=O)c1. The Morgan fingerprint density at radius 2 is 2.05 bits per heavy atom. The molecule has 0 heterocycles. The third-order valence-electron chi connectivity index (χ3n) is 3.44. The predicted octanol–water partition coefficient (Wildman–Crippen LogP) is 0.489. The molecule has 106 valence electrons. The van der Waals surface area contributed by atoms with Crippen LogP contribution in [0, 0.1) is 5.92 Å². The topological polar surface area (TPSA) is 118 Å². The van der Waals surface area contributed by atoms with Gasteiger partial charge in [0.25, 0.3) is 0 Å². The van der Waals surface area contributed by atoms with Gasteiger partial charge in [-0.3, -0.25) is 0 Å². The minimum atomic E-state index is -3.77. The van der Waals surface area contributed by atoms with Gasteiger partial charge in [0.05, 0.1) is 11.0 Å². The van der Waals surface area contributed by atoms with Gasteiger partial charge in [0.15, 0.2) is 0 Å². The van der Waals surface area contributed by atoms with E-state index in [9.17, 15) is 13.5 Å². The van der Waals surface area contributed by atoms with Gasteiger partial charge < -0.3 is 16.2 Å². The third kappa shape index (κ3) is 3.59. The number of hydrogen-bond acceptors (Lipinski definition) is 5. The van der Waals surface area contributed by atoms with E-state index in [4.69, 9.17) is 10.9 Å². The first-order chi connectivity index (χ1) is 8.86. The van der Waals surface area contributed by atoms with Gasteiger partial charge in [-0.15, -0.1) is 0 Å². The Hall–Kier alpha value is -1.31. The fraction of sp³-hybridized carbons (Fsp3) is 0.500. The van der Waals surface area contributed by atoms with Crippen LogP contribution in [-0.2, 0) is 10.0 Å². The molecule has 1 aromatic carbocycles. The number of nitrogen functional groups attached to an aromatic ring is 1. The molecule has 1 aliphatic carbocycles. The van der Waals surface area contributed by atoms with E-state index < -0.39 is 10.0 Å². The lowest BCUT2D eigenvalue weighted by molar-refractivity contribution is 0.138. The summed E-state index contributed by atoms with van der Waals surface area (Å²) >= 11 is 0. The highest BCUT2D eigenvalue weighted by molar-refractivity contribution is 7.89. The highest BCUT2D eigenvalue weighted by Gasteiger charge is 2.24. The van der Waals surface area contributed by atoms with Crippen LogP contribution in [0.2, 0.25) is 0 Å². The number of anilines is 2. The maximum Gasteiger partial charge on any atom is 0.238 e. The van der Waals surface area contributed by atoms with Crippen molar-refractivity contribution in [1.29, 1.82) is 0 Å². The van der Waals surface area contributed by atoms with E-state index in [-0.39, 0.29) is 16.9 Å². The molecule has 0 bridgehead atoms. The van der Waals surface area contributed by atoms with E-state index in [1.54, 1.807) is 6.07 Å². The number of sulfonamides is 1. The van der Waals surface area contributed by atoms with Crippen molar-refractivity contribution in [2.75, 3.05) is 17.6 Å². The van der Waals surface area contributed by atoms with Crippen LogP contribution in [0.4, 0.5) is 11.4 Å². The van der Waals surface area contributed by atoms with E-state index >= 15 is 0 Å². The third-order valence-corrected chi connectivity index (χ3v) is 4.34. The lowest BCUT2D eigenvalue weighted by atomic mass is 10.1. The summed E-state index contributed by atoms with van der Waals surface area (Å²) in [5.74, 6) is 0.194. The van der Waals surface area contributed by atoms with Gasteiger partial charge in [-0.1, -0.05) is 6.42 Å². The number of aliphatic hydroxyl groups excluding tert-OH is 1. The molecule has 0 aromatic heterocycles. The van der Waals surface area contributed by atoms with Gasteiger partial charge in [-0.05, 0) is 31.0 Å². The maximum atomic E-state index is 11.3. The van der Waals surface area contributed by atoms with Gasteiger partial charge in [0.2, 0.25) is 10.0 Å². The number of benzene rings is 1. The number of hydrogen-bond donors (Lipinski definition) is 4. The molecule has 6 N–H and O–H groups in total. The second kappa shape index (κ2) is 5.36. The molecular formula is C12H19N3O3S. The largest absolute Gasteiger partial charge is 0.399 e. The van der Waals surface area contributed by atoms with E-state index in [1.165, 1.54) is 12.1 Å². The highest BCUT2D eigenvalue weighted by atomic mass is 32.2. The van der Waals surface area contributed by atoms with Crippen molar-refractivity contribution < 1.29 is 13.5 Å². The summed E-state index contributed by atoms with van der Waals surface area (Å²) < 4.78 is 22.6. The molecule has 1 fully saturated rings. The van der Waals surface area contributed by atoms with Crippen molar-refractivity contribution in [2.45, 2.75) is 30.3 Å². The average molecular weight is 285 g/mol. The van der Waals surface area contributed by atoms with Crippen molar-refractivity contribution in [2.24, 2.45) is 11.1 Å². The van der Waals surface area contributed by atoms with Crippen LogP contribution in [0.1, 0.15) is 19.3 Å². The van der Waals surface area contributed by atoms with E-state index in [0.29, 0.717) is 17.9 Å². The molecule has 0 radical (unpaired) electrons. The van der Waals surface area contributed by atoms with Crippen molar-refractivity contribution in [3.05, 3.63) is 18.2 Å². The van der Waals surface area contributed by atoms with Crippen LogP contribution in [0.5, 0.6) is 0 Å². The van der Waals surface area contributed by atoms with Crippen LogP contribution in [0.25, 0.3) is 0 Å². The van der Waals surface area contributed by atoms with Gasteiger partial charge in [0, 0.05) is 23.8 Å². The normalized spacial score (nSPS) is 23.5. The van der Waals surface area contributed by atoms with Gasteiger partial charge in [-0.2, -0.15) is 0 Å². The maximum absolute atomic E-state index is 11.3. The summed E-state index contributed by atoms with van der Waals surface area (Å²) in [6.07, 6.45) is 2.53. The molecule has 0 spiro atoms. The fourth-order valence-electron chi connectivity index (χ4n) is 2.39. The zero-order chi connectivity index (χ0) is 14.0. The molecule has 1 aromatic rings. The molecule has 2 unspecified atom stereocenters. The van der Waals surface area contributed by atoms with Crippen molar-refractivity contribution in [1.82, 2.24) is 0 Å². The fourth-order valence-corrected chi connectivity index (χ4v) is 2.98. The zero-order valence-electron chi connectivity index (χ0n) is 10.5. The van der Waals surface area contributed by atoms with Crippen molar-refractivity contribution in [3.8, 4) is 0 Å². The Labute approximate surface area is 112 Å². The van der Waals surface area contributed by atoms with E-state index in [1.807, 2.05) is 0 Å².